The van der Waals surface area contributed by atoms with Crippen LogP contribution in [0.3, 0.4) is 0 Å². The number of halogens is 1. The molecule has 2 aromatic carbocycles. The Labute approximate surface area is 151 Å². The van der Waals surface area contributed by atoms with Crippen molar-refractivity contribution in [2.45, 2.75) is 25.6 Å². The minimum Gasteiger partial charge on any atom is -0.476 e. The van der Waals surface area contributed by atoms with Crippen molar-refractivity contribution in [3.63, 3.8) is 0 Å². The third-order valence-corrected chi connectivity index (χ3v) is 3.67. The average molecular weight is 363 g/mol. The van der Waals surface area contributed by atoms with Crippen LogP contribution < -0.4 is 4.74 Å². The minimum absolute atomic E-state index is 0.459. The second-order valence-electron chi connectivity index (χ2n) is 5.79. The van der Waals surface area contributed by atoms with E-state index in [0.717, 1.165) is 0 Å². The van der Waals surface area contributed by atoms with E-state index in [1.165, 1.54) is 7.11 Å². The fourth-order valence-electron chi connectivity index (χ4n) is 2.07. The number of ether oxygens (including phenoxy) is 3. The maximum atomic E-state index is 12.6. The lowest BCUT2D eigenvalue weighted by Gasteiger charge is -2.26. The normalized spacial score (nSPS) is 12.2. The molecule has 6 heteroatoms. The van der Waals surface area contributed by atoms with Crippen LogP contribution in [0.15, 0.2) is 54.6 Å². The monoisotopic (exact) mass is 362 g/mol. The lowest BCUT2D eigenvalue weighted by molar-refractivity contribution is -0.176. The van der Waals surface area contributed by atoms with Gasteiger partial charge < -0.3 is 14.2 Å². The molecule has 0 saturated heterocycles. The zero-order valence-electron chi connectivity index (χ0n) is 14.2. The van der Waals surface area contributed by atoms with Gasteiger partial charge >= 0.3 is 11.9 Å². The molecule has 2 aromatic rings. The Hall–Kier alpha value is -2.53. The SMILES string of the molecule is COC(=O)C(OC(=O)C(C)(C)Oc1ccc(Cl)cc1)c1ccccc1. The highest BCUT2D eigenvalue weighted by Gasteiger charge is 2.36. The van der Waals surface area contributed by atoms with E-state index < -0.39 is 23.6 Å². The van der Waals surface area contributed by atoms with Crippen molar-refractivity contribution < 1.29 is 23.8 Å². The Kier molecular flexibility index (Phi) is 6.04. The molecule has 0 fully saturated rings. The molecule has 0 aliphatic heterocycles. The van der Waals surface area contributed by atoms with Crippen LogP contribution in [-0.4, -0.2) is 24.6 Å². The van der Waals surface area contributed by atoms with E-state index in [0.29, 0.717) is 16.3 Å². The van der Waals surface area contributed by atoms with Crippen LogP contribution in [0, 0.1) is 0 Å². The Morgan fingerprint density at radius 3 is 2.16 bits per heavy atom. The molecule has 1 unspecified atom stereocenters. The molecule has 0 heterocycles. The van der Waals surface area contributed by atoms with Gasteiger partial charge in [-0.15, -0.1) is 0 Å². The number of benzene rings is 2. The van der Waals surface area contributed by atoms with Crippen LogP contribution in [0.1, 0.15) is 25.5 Å². The predicted molar refractivity (Wildman–Crippen MR) is 93.5 cm³/mol. The van der Waals surface area contributed by atoms with Gasteiger partial charge in [0.1, 0.15) is 5.75 Å². The number of esters is 2. The maximum absolute atomic E-state index is 12.6. The van der Waals surface area contributed by atoms with Gasteiger partial charge in [-0.2, -0.15) is 0 Å². The Morgan fingerprint density at radius 1 is 1.00 bits per heavy atom. The topological polar surface area (TPSA) is 61.8 Å². The molecule has 0 bridgehead atoms. The standard InChI is InChI=1S/C19H19ClO5/c1-19(2,25-15-11-9-14(20)10-12-15)18(22)24-16(17(21)23-3)13-7-5-4-6-8-13/h4-12,16H,1-3H3. The van der Waals surface area contributed by atoms with Gasteiger partial charge in [0.2, 0.25) is 6.10 Å². The van der Waals surface area contributed by atoms with E-state index in [1.54, 1.807) is 68.4 Å². The lowest BCUT2D eigenvalue weighted by atomic mass is 10.1. The van der Waals surface area contributed by atoms with Gasteiger partial charge in [0, 0.05) is 10.6 Å². The van der Waals surface area contributed by atoms with E-state index in [2.05, 4.69) is 0 Å². The quantitative estimate of drug-likeness (QED) is 0.728. The Morgan fingerprint density at radius 2 is 1.60 bits per heavy atom. The molecule has 0 aromatic heterocycles. The molecule has 1 atom stereocenters. The smallest absolute Gasteiger partial charge is 0.351 e. The predicted octanol–water partition coefficient (Wildman–Crippen LogP) is 3.95. The third-order valence-electron chi connectivity index (χ3n) is 3.42. The molecule has 5 nitrogen and oxygen atoms in total. The minimum atomic E-state index is -1.31. The van der Waals surface area contributed by atoms with Crippen LogP contribution >= 0.6 is 11.6 Å². The first-order chi connectivity index (χ1) is 11.8. The zero-order chi connectivity index (χ0) is 18.4. The van der Waals surface area contributed by atoms with Gasteiger partial charge in [0.15, 0.2) is 5.60 Å². The number of hydrogen-bond donors (Lipinski definition) is 0. The van der Waals surface area contributed by atoms with Crippen molar-refractivity contribution in [3.8, 4) is 5.75 Å². The molecule has 0 aliphatic rings. The molecule has 0 N–H and O–H groups in total. The first-order valence-electron chi connectivity index (χ1n) is 7.62. The molecule has 0 amide bonds. The van der Waals surface area contributed by atoms with E-state index in [1.807, 2.05) is 0 Å². The van der Waals surface area contributed by atoms with Gasteiger partial charge in [0.05, 0.1) is 7.11 Å². The average Bonchev–Trinajstić information content (AvgIpc) is 2.61. The summed E-state index contributed by atoms with van der Waals surface area (Å²) in [5.74, 6) is -0.899. The largest absolute Gasteiger partial charge is 0.476 e. The molecule has 25 heavy (non-hydrogen) atoms. The summed E-state index contributed by atoms with van der Waals surface area (Å²) in [5, 5.41) is 0.558. The van der Waals surface area contributed by atoms with Gasteiger partial charge in [-0.05, 0) is 38.1 Å². The van der Waals surface area contributed by atoms with Gasteiger partial charge in [-0.25, -0.2) is 9.59 Å². The van der Waals surface area contributed by atoms with E-state index >= 15 is 0 Å². The van der Waals surface area contributed by atoms with Crippen LogP contribution in [-0.2, 0) is 19.1 Å². The summed E-state index contributed by atoms with van der Waals surface area (Å²) in [7, 11) is 1.24. The summed E-state index contributed by atoms with van der Waals surface area (Å²) in [4.78, 5) is 24.6. The highest BCUT2D eigenvalue weighted by molar-refractivity contribution is 6.30. The highest BCUT2D eigenvalue weighted by Crippen LogP contribution is 2.25. The summed E-state index contributed by atoms with van der Waals surface area (Å²) in [5.41, 5.74) is -0.792. The fourth-order valence-corrected chi connectivity index (χ4v) is 2.20. The van der Waals surface area contributed by atoms with Crippen molar-refractivity contribution in [1.29, 1.82) is 0 Å². The highest BCUT2D eigenvalue weighted by atomic mass is 35.5. The van der Waals surface area contributed by atoms with Gasteiger partial charge in [-0.1, -0.05) is 41.9 Å². The molecule has 0 spiro atoms. The number of hydrogen-bond acceptors (Lipinski definition) is 5. The molecule has 0 radical (unpaired) electrons. The zero-order valence-corrected chi connectivity index (χ0v) is 14.9. The number of carbonyl (C=O) groups is 2. The van der Waals surface area contributed by atoms with Crippen LogP contribution in [0.4, 0.5) is 0 Å². The molecule has 2 rings (SSSR count). The first-order valence-corrected chi connectivity index (χ1v) is 8.00. The summed E-state index contributed by atoms with van der Waals surface area (Å²) in [6.07, 6.45) is -1.16. The van der Waals surface area contributed by atoms with Crippen molar-refractivity contribution in [1.82, 2.24) is 0 Å². The Balaban J connectivity index is 2.16. The van der Waals surface area contributed by atoms with E-state index in [-0.39, 0.29) is 0 Å². The summed E-state index contributed by atoms with van der Waals surface area (Å²) < 4.78 is 15.8. The van der Waals surface area contributed by atoms with E-state index in [4.69, 9.17) is 25.8 Å². The van der Waals surface area contributed by atoms with Crippen LogP contribution in [0.2, 0.25) is 5.02 Å². The van der Waals surface area contributed by atoms with Crippen molar-refractivity contribution >= 4 is 23.5 Å². The maximum Gasteiger partial charge on any atom is 0.351 e. The molecule has 0 aliphatic carbocycles. The molecular formula is C19H19ClO5. The Bertz CT molecular complexity index is 725. The lowest BCUT2D eigenvalue weighted by Crippen LogP contribution is -2.41. The number of carbonyl (C=O) groups excluding carboxylic acids is 2. The number of methoxy groups -OCH3 is 1. The molecular weight excluding hydrogens is 344 g/mol. The van der Waals surface area contributed by atoms with Crippen molar-refractivity contribution in [2.24, 2.45) is 0 Å². The van der Waals surface area contributed by atoms with Crippen LogP contribution in [0.25, 0.3) is 0 Å². The fraction of sp³-hybridized carbons (Fsp3) is 0.263. The second kappa shape index (κ2) is 8.03. The first kappa shape index (κ1) is 18.8. The summed E-state index contributed by atoms with van der Waals surface area (Å²) in [6, 6.07) is 15.2. The van der Waals surface area contributed by atoms with Crippen molar-refractivity contribution in [3.05, 3.63) is 65.2 Å². The summed E-state index contributed by atoms with van der Waals surface area (Å²) in [6.45, 7) is 3.12. The van der Waals surface area contributed by atoms with Gasteiger partial charge in [-0.3, -0.25) is 0 Å². The van der Waals surface area contributed by atoms with Crippen LogP contribution in [0.5, 0.6) is 5.75 Å². The molecule has 0 saturated carbocycles. The third kappa shape index (κ3) is 4.97. The van der Waals surface area contributed by atoms with Gasteiger partial charge in [0.25, 0.3) is 0 Å². The molecule has 132 valence electrons. The second-order valence-corrected chi connectivity index (χ2v) is 6.22. The van der Waals surface area contributed by atoms with E-state index in [9.17, 15) is 9.59 Å². The number of rotatable bonds is 6. The summed E-state index contributed by atoms with van der Waals surface area (Å²) >= 11 is 5.83. The van der Waals surface area contributed by atoms with Crippen molar-refractivity contribution in [2.75, 3.05) is 7.11 Å².